The monoisotopic (exact) mass is 439 g/mol. The number of nitrogens with zero attached hydrogens (tertiary/aromatic N) is 3. The summed E-state index contributed by atoms with van der Waals surface area (Å²) in [7, 11) is 0. The van der Waals surface area contributed by atoms with E-state index in [1.165, 1.54) is 23.4 Å². The van der Waals surface area contributed by atoms with Crippen LogP contribution >= 0.6 is 0 Å². The van der Waals surface area contributed by atoms with E-state index in [0.717, 1.165) is 12.1 Å². The number of Topliss-reactive ketones (excluding diaryl/α,β-unsaturated/α-hetero) is 1. The van der Waals surface area contributed by atoms with Crippen molar-refractivity contribution < 1.29 is 27.6 Å². The molecule has 2 fully saturated rings. The van der Waals surface area contributed by atoms with Crippen LogP contribution < -0.4 is 4.90 Å². The van der Waals surface area contributed by atoms with Crippen LogP contribution in [0.15, 0.2) is 71.9 Å². The molecule has 9 heteroatoms. The number of hydrogen-bond acceptors (Lipinski definition) is 5. The molecule has 2 aromatic rings. The van der Waals surface area contributed by atoms with Gasteiger partial charge in [0.2, 0.25) is 11.8 Å². The number of halogens is 3. The zero-order valence-electron chi connectivity index (χ0n) is 16.4. The minimum Gasteiger partial charge on any atom is -0.292 e. The first-order valence-corrected chi connectivity index (χ1v) is 9.93. The number of hydrogen-bond donors (Lipinski definition) is 0. The Labute approximate surface area is 180 Å². The predicted octanol–water partition coefficient (Wildman–Crippen LogP) is 3.30. The second-order valence-corrected chi connectivity index (χ2v) is 7.77. The molecule has 3 aliphatic heterocycles. The van der Waals surface area contributed by atoms with Crippen LogP contribution in [0.5, 0.6) is 0 Å². The van der Waals surface area contributed by atoms with Crippen LogP contribution in [0.1, 0.15) is 15.9 Å². The summed E-state index contributed by atoms with van der Waals surface area (Å²) >= 11 is 0. The molecule has 2 saturated heterocycles. The Morgan fingerprint density at radius 3 is 2.28 bits per heavy atom. The number of fused-ring (bicyclic) bond motifs is 3. The first-order chi connectivity index (χ1) is 15.3. The molecule has 162 valence electrons. The van der Waals surface area contributed by atoms with Gasteiger partial charge in [-0.3, -0.25) is 19.4 Å². The van der Waals surface area contributed by atoms with E-state index in [9.17, 15) is 27.6 Å². The molecule has 3 aliphatic rings. The lowest BCUT2D eigenvalue weighted by Gasteiger charge is -2.30. The van der Waals surface area contributed by atoms with Gasteiger partial charge in [-0.2, -0.15) is 18.3 Å². The maximum atomic E-state index is 13.6. The Bertz CT molecular complexity index is 1180. The van der Waals surface area contributed by atoms with Crippen LogP contribution in [0.2, 0.25) is 0 Å². The van der Waals surface area contributed by atoms with Crippen LogP contribution in [-0.2, 0) is 15.8 Å². The van der Waals surface area contributed by atoms with E-state index in [1.54, 1.807) is 42.5 Å². The average molecular weight is 439 g/mol. The summed E-state index contributed by atoms with van der Waals surface area (Å²) in [5.74, 6) is -4.18. The zero-order valence-corrected chi connectivity index (χ0v) is 16.4. The molecular formula is C23H16F3N3O3. The van der Waals surface area contributed by atoms with Crippen LogP contribution in [-0.4, -0.2) is 40.9 Å². The molecule has 0 radical (unpaired) electrons. The summed E-state index contributed by atoms with van der Waals surface area (Å²) < 4.78 is 40.8. The van der Waals surface area contributed by atoms with E-state index >= 15 is 0 Å². The van der Waals surface area contributed by atoms with E-state index in [0.29, 0.717) is 10.5 Å². The molecule has 0 aromatic heterocycles. The molecule has 5 rings (SSSR count). The van der Waals surface area contributed by atoms with E-state index in [1.807, 2.05) is 0 Å². The number of carbonyl (C=O) groups excluding carboxylic acids is 3. The number of carbonyl (C=O) groups is 3. The molecule has 0 bridgehead atoms. The molecule has 6 nitrogen and oxygen atoms in total. The van der Waals surface area contributed by atoms with E-state index in [2.05, 4.69) is 5.10 Å². The lowest BCUT2D eigenvalue weighted by molar-refractivity contribution is -0.137. The van der Waals surface area contributed by atoms with Gasteiger partial charge in [0.15, 0.2) is 5.78 Å². The average Bonchev–Trinajstić information content (AvgIpc) is 3.26. The van der Waals surface area contributed by atoms with Gasteiger partial charge in [0.05, 0.1) is 29.1 Å². The topological polar surface area (TPSA) is 70.0 Å². The van der Waals surface area contributed by atoms with Gasteiger partial charge in [-0.1, -0.05) is 48.5 Å². The first-order valence-electron chi connectivity index (χ1n) is 9.93. The third kappa shape index (κ3) is 2.88. The van der Waals surface area contributed by atoms with Gasteiger partial charge in [0.25, 0.3) is 0 Å². The summed E-state index contributed by atoms with van der Waals surface area (Å²) in [5.41, 5.74) is -1.28. The molecule has 2 amide bonds. The Hall–Kier alpha value is -3.75. The Morgan fingerprint density at radius 1 is 0.906 bits per heavy atom. The highest BCUT2D eigenvalue weighted by molar-refractivity contribution is 6.25. The van der Waals surface area contributed by atoms with Gasteiger partial charge in [-0.25, -0.2) is 4.90 Å². The second-order valence-electron chi connectivity index (χ2n) is 7.77. The molecule has 0 saturated carbocycles. The van der Waals surface area contributed by atoms with Crippen molar-refractivity contribution in [3.63, 3.8) is 0 Å². The summed E-state index contributed by atoms with van der Waals surface area (Å²) in [6.45, 7) is 0. The van der Waals surface area contributed by atoms with Crippen LogP contribution in [0.4, 0.5) is 18.9 Å². The molecule has 4 atom stereocenters. The zero-order chi connectivity index (χ0) is 22.6. The smallest absolute Gasteiger partial charge is 0.292 e. The van der Waals surface area contributed by atoms with Crippen molar-refractivity contribution in [2.24, 2.45) is 16.9 Å². The number of allylic oxidation sites excluding steroid dienone is 1. The van der Waals surface area contributed by atoms with Gasteiger partial charge in [0, 0.05) is 11.8 Å². The van der Waals surface area contributed by atoms with Crippen molar-refractivity contribution in [2.45, 2.75) is 18.3 Å². The SMILES string of the molecule is O=C(c1ccccc1)[C@H]1[C@H]2C(=O)N(c3ccccc3C(F)(F)F)C(=O)[C@@H]2[C@H]2C=CC=NN21. The van der Waals surface area contributed by atoms with Crippen molar-refractivity contribution in [3.8, 4) is 0 Å². The number of ketones is 1. The lowest BCUT2D eigenvalue weighted by Crippen LogP contribution is -2.46. The van der Waals surface area contributed by atoms with Crippen molar-refractivity contribution >= 4 is 29.5 Å². The molecule has 2 aromatic carbocycles. The predicted molar refractivity (Wildman–Crippen MR) is 109 cm³/mol. The third-order valence-electron chi connectivity index (χ3n) is 6.07. The molecule has 0 N–H and O–H groups in total. The molecule has 0 aliphatic carbocycles. The number of amides is 2. The van der Waals surface area contributed by atoms with E-state index in [-0.39, 0.29) is 0 Å². The number of para-hydroxylation sites is 1. The fourth-order valence-electron chi connectivity index (χ4n) is 4.76. The summed E-state index contributed by atoms with van der Waals surface area (Å²) in [6, 6.07) is 10.9. The van der Waals surface area contributed by atoms with E-state index < -0.39 is 58.9 Å². The normalized spacial score (nSPS) is 26.5. The Balaban J connectivity index is 1.61. The second kappa shape index (κ2) is 7.15. The summed E-state index contributed by atoms with van der Waals surface area (Å²) in [6.07, 6.45) is -0.0609. The highest BCUT2D eigenvalue weighted by atomic mass is 19.4. The van der Waals surface area contributed by atoms with E-state index in [4.69, 9.17) is 0 Å². The maximum Gasteiger partial charge on any atom is 0.418 e. The first kappa shape index (κ1) is 20.2. The van der Waals surface area contributed by atoms with Crippen LogP contribution in [0, 0.1) is 11.8 Å². The van der Waals surface area contributed by atoms with Gasteiger partial charge in [0.1, 0.15) is 6.04 Å². The van der Waals surface area contributed by atoms with Crippen LogP contribution in [0.25, 0.3) is 0 Å². The summed E-state index contributed by atoms with van der Waals surface area (Å²) in [4.78, 5) is 40.8. The number of benzene rings is 2. The van der Waals surface area contributed by atoms with Crippen molar-refractivity contribution in [1.29, 1.82) is 0 Å². The fraction of sp³-hybridized carbons (Fsp3) is 0.217. The number of hydrazone groups is 1. The Kier molecular flexibility index (Phi) is 4.51. The molecule has 0 unspecified atom stereocenters. The minimum atomic E-state index is -4.75. The fourth-order valence-corrected chi connectivity index (χ4v) is 4.76. The highest BCUT2D eigenvalue weighted by Crippen LogP contribution is 2.48. The maximum absolute atomic E-state index is 13.6. The largest absolute Gasteiger partial charge is 0.418 e. The quantitative estimate of drug-likeness (QED) is 0.544. The van der Waals surface area contributed by atoms with Crippen LogP contribution in [0.3, 0.4) is 0 Å². The van der Waals surface area contributed by atoms with Crippen molar-refractivity contribution in [1.82, 2.24) is 5.01 Å². The standard InChI is InChI=1S/C23H16F3N3O3/c24-23(25,26)14-9-4-5-10-15(14)28-21(31)17-16-11-6-12-27-29(16)19(18(17)22(28)32)20(30)13-7-2-1-3-8-13/h1-12,16-19H/t16-,17-,18+,19-/m1/s1. The van der Waals surface area contributed by atoms with Gasteiger partial charge in [-0.05, 0) is 18.2 Å². The molecule has 32 heavy (non-hydrogen) atoms. The molecule has 0 spiro atoms. The molecular weight excluding hydrogens is 423 g/mol. The van der Waals surface area contributed by atoms with Gasteiger partial charge in [-0.15, -0.1) is 0 Å². The number of imide groups is 1. The van der Waals surface area contributed by atoms with Crippen molar-refractivity contribution in [3.05, 3.63) is 77.9 Å². The minimum absolute atomic E-state index is 0.330. The third-order valence-corrected chi connectivity index (χ3v) is 6.07. The Morgan fingerprint density at radius 2 is 1.56 bits per heavy atom. The number of anilines is 1. The summed E-state index contributed by atoms with van der Waals surface area (Å²) in [5, 5.41) is 5.65. The number of alkyl halides is 3. The highest BCUT2D eigenvalue weighted by Gasteiger charge is 2.64. The number of rotatable bonds is 3. The molecule has 3 heterocycles. The van der Waals surface area contributed by atoms with Gasteiger partial charge >= 0.3 is 6.18 Å². The lowest BCUT2D eigenvalue weighted by atomic mass is 9.86. The van der Waals surface area contributed by atoms with Gasteiger partial charge < -0.3 is 0 Å². The van der Waals surface area contributed by atoms with Crippen molar-refractivity contribution in [2.75, 3.05) is 4.90 Å².